The average Bonchev–Trinajstić information content (AvgIpc) is 3.12. The number of rotatable bonds is 8. The molecule has 1 saturated heterocycles. The van der Waals surface area contributed by atoms with Crippen molar-refractivity contribution in [2.45, 2.75) is 24.3 Å². The average molecular weight is 570 g/mol. The highest BCUT2D eigenvalue weighted by Crippen LogP contribution is 2.17. The van der Waals surface area contributed by atoms with E-state index in [9.17, 15) is 13.2 Å². The van der Waals surface area contributed by atoms with Gasteiger partial charge >= 0.3 is 0 Å². The summed E-state index contributed by atoms with van der Waals surface area (Å²) in [5.74, 6) is 1.11. The maximum absolute atomic E-state index is 12.3. The van der Waals surface area contributed by atoms with Gasteiger partial charge in [-0.15, -0.1) is 24.0 Å². The highest BCUT2D eigenvalue weighted by molar-refractivity contribution is 14.0. The van der Waals surface area contributed by atoms with Crippen molar-refractivity contribution in [1.82, 2.24) is 15.5 Å². The Hall–Kier alpha value is -2.14. The molecule has 1 atom stereocenters. The molecular weight excluding hydrogens is 539 g/mol. The monoisotopic (exact) mass is 570 g/mol. The second kappa shape index (κ2) is 12.2. The molecule has 174 valence electrons. The first kappa shape index (κ1) is 26.1. The van der Waals surface area contributed by atoms with Gasteiger partial charge in [-0.25, -0.2) is 8.42 Å². The largest absolute Gasteiger partial charge is 0.356 e. The van der Waals surface area contributed by atoms with E-state index >= 15 is 0 Å². The molecule has 3 rings (SSSR count). The third-order valence-corrected chi connectivity index (χ3v) is 6.53. The Bertz CT molecular complexity index is 1010. The molecule has 1 unspecified atom stereocenters. The van der Waals surface area contributed by atoms with Crippen molar-refractivity contribution in [3.05, 3.63) is 65.7 Å². The second-order valence-corrected chi connectivity index (χ2v) is 9.88. The van der Waals surface area contributed by atoms with Crippen LogP contribution in [0.5, 0.6) is 0 Å². The molecule has 1 fully saturated rings. The molecule has 0 radical (unpaired) electrons. The van der Waals surface area contributed by atoms with E-state index in [0.717, 1.165) is 25.1 Å². The Morgan fingerprint density at radius 2 is 1.75 bits per heavy atom. The van der Waals surface area contributed by atoms with Gasteiger partial charge in [-0.3, -0.25) is 9.79 Å². The standard InChI is InChI=1S/C23H30N4O3S.HI/c1-24-23(25-15-19-8-10-21(11-9-19)31(2,29)30)26-16-20-14-22(28)27(17-20)13-12-18-6-4-3-5-7-18;/h3-11,20H,12-17H2,1-2H3,(H2,24,25,26);1H. The molecule has 1 aliphatic heterocycles. The van der Waals surface area contributed by atoms with Gasteiger partial charge in [0, 0.05) is 51.8 Å². The highest BCUT2D eigenvalue weighted by atomic mass is 127. The van der Waals surface area contributed by atoms with Gasteiger partial charge in [0.25, 0.3) is 0 Å². The molecule has 1 heterocycles. The molecule has 32 heavy (non-hydrogen) atoms. The van der Waals surface area contributed by atoms with E-state index in [1.165, 1.54) is 11.8 Å². The van der Waals surface area contributed by atoms with E-state index in [1.54, 1.807) is 31.3 Å². The zero-order valence-corrected chi connectivity index (χ0v) is 21.6. The third kappa shape index (κ3) is 7.77. The molecule has 0 spiro atoms. The summed E-state index contributed by atoms with van der Waals surface area (Å²) in [6.07, 6.45) is 2.61. The van der Waals surface area contributed by atoms with E-state index in [2.05, 4.69) is 27.8 Å². The van der Waals surface area contributed by atoms with Crippen LogP contribution in [-0.4, -0.2) is 58.1 Å². The van der Waals surface area contributed by atoms with Gasteiger partial charge in [0.05, 0.1) is 4.90 Å². The zero-order valence-electron chi connectivity index (χ0n) is 18.5. The minimum Gasteiger partial charge on any atom is -0.356 e. The summed E-state index contributed by atoms with van der Waals surface area (Å²) in [6, 6.07) is 17.0. The van der Waals surface area contributed by atoms with Crippen LogP contribution in [0.2, 0.25) is 0 Å². The van der Waals surface area contributed by atoms with Crippen LogP contribution in [0.4, 0.5) is 0 Å². The molecule has 2 aromatic carbocycles. The quantitative estimate of drug-likeness (QED) is 0.289. The number of hydrogen-bond donors (Lipinski definition) is 2. The lowest BCUT2D eigenvalue weighted by Crippen LogP contribution is -2.40. The highest BCUT2D eigenvalue weighted by Gasteiger charge is 2.29. The minimum atomic E-state index is -3.19. The number of halogens is 1. The maximum atomic E-state index is 12.3. The molecule has 1 amide bonds. The summed E-state index contributed by atoms with van der Waals surface area (Å²) in [5, 5.41) is 6.52. The molecular formula is C23H31IN4O3S. The van der Waals surface area contributed by atoms with Crippen LogP contribution in [0, 0.1) is 5.92 Å². The number of benzene rings is 2. The number of nitrogens with zero attached hydrogens (tertiary/aromatic N) is 2. The minimum absolute atomic E-state index is 0. The SMILES string of the molecule is CN=C(NCc1ccc(S(C)(=O)=O)cc1)NCC1CC(=O)N(CCc2ccccc2)C1.I. The number of carbonyl (C=O) groups is 1. The normalized spacial score (nSPS) is 16.6. The number of nitrogens with one attached hydrogen (secondary N) is 2. The molecule has 1 aliphatic rings. The zero-order chi connectivity index (χ0) is 22.3. The number of hydrogen-bond acceptors (Lipinski definition) is 4. The fourth-order valence-corrected chi connectivity index (χ4v) is 4.25. The van der Waals surface area contributed by atoms with Gasteiger partial charge in [-0.1, -0.05) is 42.5 Å². The topological polar surface area (TPSA) is 90.9 Å². The van der Waals surface area contributed by atoms with Crippen molar-refractivity contribution in [2.75, 3.05) is 32.9 Å². The van der Waals surface area contributed by atoms with E-state index in [-0.39, 0.29) is 35.8 Å². The maximum Gasteiger partial charge on any atom is 0.223 e. The Labute approximate surface area is 207 Å². The number of aliphatic imine (C=N–C) groups is 1. The van der Waals surface area contributed by atoms with Crippen LogP contribution in [0.3, 0.4) is 0 Å². The summed E-state index contributed by atoms with van der Waals surface area (Å²) in [5.41, 5.74) is 2.20. The number of sulfone groups is 1. The number of carbonyl (C=O) groups excluding carboxylic acids is 1. The van der Waals surface area contributed by atoms with Gasteiger partial charge in [0.1, 0.15) is 0 Å². The Kier molecular flexibility index (Phi) is 9.95. The fraction of sp³-hybridized carbons (Fsp3) is 0.391. The van der Waals surface area contributed by atoms with Crippen molar-refractivity contribution in [3.8, 4) is 0 Å². The molecule has 9 heteroatoms. The number of guanidine groups is 1. The Balaban J connectivity index is 0.00000363. The van der Waals surface area contributed by atoms with Crippen molar-refractivity contribution >= 4 is 45.7 Å². The second-order valence-electron chi connectivity index (χ2n) is 7.87. The molecule has 0 aliphatic carbocycles. The summed E-state index contributed by atoms with van der Waals surface area (Å²) in [4.78, 5) is 18.8. The first-order valence-electron chi connectivity index (χ1n) is 10.4. The van der Waals surface area contributed by atoms with Crippen LogP contribution in [0.1, 0.15) is 17.5 Å². The summed E-state index contributed by atoms with van der Waals surface area (Å²) >= 11 is 0. The number of likely N-dealkylation sites (tertiary alicyclic amines) is 1. The van der Waals surface area contributed by atoms with Gasteiger partial charge in [0.15, 0.2) is 15.8 Å². The Morgan fingerprint density at radius 3 is 2.38 bits per heavy atom. The van der Waals surface area contributed by atoms with Gasteiger partial charge in [-0.05, 0) is 29.7 Å². The van der Waals surface area contributed by atoms with Crippen LogP contribution in [-0.2, 0) is 27.6 Å². The molecule has 0 saturated carbocycles. The fourth-order valence-electron chi connectivity index (χ4n) is 3.62. The van der Waals surface area contributed by atoms with E-state index in [1.807, 2.05) is 23.1 Å². The van der Waals surface area contributed by atoms with Crippen LogP contribution in [0.25, 0.3) is 0 Å². The molecule has 7 nitrogen and oxygen atoms in total. The van der Waals surface area contributed by atoms with E-state index in [0.29, 0.717) is 30.4 Å². The molecule has 0 bridgehead atoms. The lowest BCUT2D eigenvalue weighted by Gasteiger charge is -2.18. The van der Waals surface area contributed by atoms with Gasteiger partial charge in [0.2, 0.25) is 5.91 Å². The first-order valence-corrected chi connectivity index (χ1v) is 12.3. The van der Waals surface area contributed by atoms with Crippen LogP contribution >= 0.6 is 24.0 Å². The predicted octanol–water partition coefficient (Wildman–Crippen LogP) is 2.46. The summed E-state index contributed by atoms with van der Waals surface area (Å²) in [7, 11) is -1.49. The molecule has 2 aromatic rings. The lowest BCUT2D eigenvalue weighted by molar-refractivity contribution is -0.127. The molecule has 0 aromatic heterocycles. The van der Waals surface area contributed by atoms with Crippen molar-refractivity contribution in [3.63, 3.8) is 0 Å². The number of amides is 1. The smallest absolute Gasteiger partial charge is 0.223 e. The van der Waals surface area contributed by atoms with Gasteiger partial charge in [-0.2, -0.15) is 0 Å². The van der Waals surface area contributed by atoms with Crippen molar-refractivity contribution < 1.29 is 13.2 Å². The summed E-state index contributed by atoms with van der Waals surface area (Å²) < 4.78 is 23.1. The van der Waals surface area contributed by atoms with E-state index < -0.39 is 9.84 Å². The van der Waals surface area contributed by atoms with Crippen LogP contribution in [0.15, 0.2) is 64.5 Å². The van der Waals surface area contributed by atoms with Crippen LogP contribution < -0.4 is 10.6 Å². The van der Waals surface area contributed by atoms with E-state index in [4.69, 9.17) is 0 Å². The Morgan fingerprint density at radius 1 is 1.06 bits per heavy atom. The molecule has 2 N–H and O–H groups in total. The van der Waals surface area contributed by atoms with Crippen molar-refractivity contribution in [1.29, 1.82) is 0 Å². The predicted molar refractivity (Wildman–Crippen MR) is 138 cm³/mol. The third-order valence-electron chi connectivity index (χ3n) is 5.40. The lowest BCUT2D eigenvalue weighted by atomic mass is 10.1. The summed E-state index contributed by atoms with van der Waals surface area (Å²) in [6.45, 7) is 2.69. The van der Waals surface area contributed by atoms with Gasteiger partial charge < -0.3 is 15.5 Å². The van der Waals surface area contributed by atoms with Crippen molar-refractivity contribution in [2.24, 2.45) is 10.9 Å². The first-order chi connectivity index (χ1) is 14.8.